The number of para-hydroxylation sites is 1. The molecule has 1 N–H and O–H groups in total. The third-order valence-corrected chi connectivity index (χ3v) is 2.86. The fourth-order valence-electron chi connectivity index (χ4n) is 1.22. The quantitative estimate of drug-likeness (QED) is 0.863. The molecule has 1 aromatic carbocycles. The van der Waals surface area contributed by atoms with Gasteiger partial charge < -0.3 is 5.11 Å². The minimum Gasteiger partial charge on any atom is -0.481 e. The maximum atomic E-state index is 10.3. The van der Waals surface area contributed by atoms with Crippen LogP contribution in [-0.2, 0) is 4.79 Å². The van der Waals surface area contributed by atoms with E-state index in [1.807, 2.05) is 24.3 Å². The second kappa shape index (κ2) is 4.23. The highest BCUT2D eigenvalue weighted by molar-refractivity contribution is 7.19. The van der Waals surface area contributed by atoms with Crippen molar-refractivity contribution in [2.75, 3.05) is 0 Å². The molecular weight excluding hydrogens is 210 g/mol. The highest BCUT2D eigenvalue weighted by atomic mass is 32.1. The van der Waals surface area contributed by atoms with Crippen molar-refractivity contribution in [3.8, 4) is 0 Å². The molecule has 0 aliphatic heterocycles. The molecule has 0 radical (unpaired) electrons. The molecule has 76 valence electrons. The predicted molar refractivity (Wildman–Crippen MR) is 60.9 cm³/mol. The number of benzene rings is 1. The minimum absolute atomic E-state index is 0.0376. The molecule has 3 nitrogen and oxygen atoms in total. The van der Waals surface area contributed by atoms with Crippen molar-refractivity contribution < 1.29 is 9.90 Å². The Kier molecular flexibility index (Phi) is 2.78. The van der Waals surface area contributed by atoms with Crippen molar-refractivity contribution >= 4 is 33.6 Å². The van der Waals surface area contributed by atoms with Gasteiger partial charge in [0.1, 0.15) is 5.01 Å². The van der Waals surface area contributed by atoms with E-state index in [0.29, 0.717) is 0 Å². The Balaban J connectivity index is 2.22. The van der Waals surface area contributed by atoms with E-state index in [2.05, 4.69) is 4.98 Å². The molecular formula is C11H9NO2S. The monoisotopic (exact) mass is 219 g/mol. The topological polar surface area (TPSA) is 50.2 Å². The van der Waals surface area contributed by atoms with E-state index in [1.165, 1.54) is 0 Å². The summed E-state index contributed by atoms with van der Waals surface area (Å²) >= 11 is 1.56. The van der Waals surface area contributed by atoms with Crippen LogP contribution in [0, 0.1) is 0 Å². The number of aromatic nitrogens is 1. The lowest BCUT2D eigenvalue weighted by Crippen LogP contribution is -1.89. The first kappa shape index (κ1) is 9.86. The predicted octanol–water partition coefficient (Wildman–Crippen LogP) is 2.78. The van der Waals surface area contributed by atoms with Gasteiger partial charge in [0.15, 0.2) is 0 Å². The van der Waals surface area contributed by atoms with Crippen LogP contribution in [0.4, 0.5) is 0 Å². The van der Waals surface area contributed by atoms with E-state index in [1.54, 1.807) is 23.5 Å². The van der Waals surface area contributed by atoms with Gasteiger partial charge in [-0.1, -0.05) is 18.2 Å². The zero-order chi connectivity index (χ0) is 10.7. The molecule has 0 unspecified atom stereocenters. The molecule has 4 heteroatoms. The zero-order valence-corrected chi connectivity index (χ0v) is 8.70. The van der Waals surface area contributed by atoms with Crippen LogP contribution in [0.3, 0.4) is 0 Å². The van der Waals surface area contributed by atoms with Crippen LogP contribution in [0.15, 0.2) is 30.3 Å². The van der Waals surface area contributed by atoms with Crippen LogP contribution in [0.2, 0.25) is 0 Å². The van der Waals surface area contributed by atoms with E-state index in [0.717, 1.165) is 15.2 Å². The number of hydrogen-bond acceptors (Lipinski definition) is 3. The number of carboxylic acid groups (broad SMARTS) is 1. The molecule has 1 aromatic heterocycles. The summed E-state index contributed by atoms with van der Waals surface area (Å²) in [7, 11) is 0. The number of aliphatic carboxylic acids is 1. The summed E-state index contributed by atoms with van der Waals surface area (Å²) in [5.41, 5.74) is 0.956. The second-order valence-corrected chi connectivity index (χ2v) is 4.08. The zero-order valence-electron chi connectivity index (χ0n) is 7.88. The number of rotatable bonds is 3. The summed E-state index contributed by atoms with van der Waals surface area (Å²) in [6.07, 6.45) is 3.40. The lowest BCUT2D eigenvalue weighted by Gasteiger charge is -1.82. The van der Waals surface area contributed by atoms with Crippen LogP contribution in [0.25, 0.3) is 16.3 Å². The Morgan fingerprint density at radius 1 is 1.47 bits per heavy atom. The van der Waals surface area contributed by atoms with Gasteiger partial charge in [-0.3, -0.25) is 4.79 Å². The van der Waals surface area contributed by atoms with Crippen LogP contribution in [0.5, 0.6) is 0 Å². The van der Waals surface area contributed by atoms with E-state index in [4.69, 9.17) is 5.11 Å². The number of thiazole rings is 1. The van der Waals surface area contributed by atoms with Crippen LogP contribution >= 0.6 is 11.3 Å². The van der Waals surface area contributed by atoms with E-state index in [9.17, 15) is 4.79 Å². The Labute approximate surface area is 90.7 Å². The average Bonchev–Trinajstić information content (AvgIpc) is 2.59. The first-order valence-electron chi connectivity index (χ1n) is 4.49. The van der Waals surface area contributed by atoms with Crippen molar-refractivity contribution in [3.63, 3.8) is 0 Å². The average molecular weight is 219 g/mol. The standard InChI is InChI=1S/C11H9NO2S/c13-11(14)7-3-6-10-12-8-4-1-2-5-9(8)15-10/h1-6H,7H2,(H,13,14)/b6-3+. The fourth-order valence-corrected chi connectivity index (χ4v) is 2.12. The second-order valence-electron chi connectivity index (χ2n) is 3.02. The van der Waals surface area contributed by atoms with Gasteiger partial charge in [-0.2, -0.15) is 0 Å². The minimum atomic E-state index is -0.827. The van der Waals surface area contributed by atoms with Gasteiger partial charge in [-0.25, -0.2) is 4.98 Å². The summed E-state index contributed by atoms with van der Waals surface area (Å²) in [5, 5.41) is 9.31. The molecule has 0 saturated heterocycles. The Morgan fingerprint density at radius 3 is 3.00 bits per heavy atom. The summed E-state index contributed by atoms with van der Waals surface area (Å²) < 4.78 is 1.12. The third-order valence-electron chi connectivity index (χ3n) is 1.86. The van der Waals surface area contributed by atoms with Gasteiger partial charge in [-0.15, -0.1) is 11.3 Å². The van der Waals surface area contributed by atoms with Crippen LogP contribution < -0.4 is 0 Å². The largest absolute Gasteiger partial charge is 0.481 e. The molecule has 15 heavy (non-hydrogen) atoms. The lowest BCUT2D eigenvalue weighted by atomic mass is 10.3. The summed E-state index contributed by atoms with van der Waals surface area (Å²) in [5.74, 6) is -0.827. The molecule has 1 heterocycles. The molecule has 0 amide bonds. The van der Waals surface area contributed by atoms with E-state index < -0.39 is 5.97 Å². The van der Waals surface area contributed by atoms with E-state index >= 15 is 0 Å². The fraction of sp³-hybridized carbons (Fsp3) is 0.0909. The lowest BCUT2D eigenvalue weighted by molar-refractivity contribution is -0.135. The highest BCUT2D eigenvalue weighted by Crippen LogP contribution is 2.22. The molecule has 0 aliphatic rings. The Morgan fingerprint density at radius 2 is 2.27 bits per heavy atom. The van der Waals surface area contributed by atoms with Crippen LogP contribution in [-0.4, -0.2) is 16.1 Å². The number of carbonyl (C=O) groups is 1. The van der Waals surface area contributed by atoms with Gasteiger partial charge >= 0.3 is 5.97 Å². The van der Waals surface area contributed by atoms with Gasteiger partial charge in [0.05, 0.1) is 16.6 Å². The maximum Gasteiger partial charge on any atom is 0.307 e. The van der Waals surface area contributed by atoms with Crippen molar-refractivity contribution in [3.05, 3.63) is 35.3 Å². The molecule has 0 aliphatic carbocycles. The number of carboxylic acids is 1. The summed E-state index contributed by atoms with van der Waals surface area (Å²) in [6.45, 7) is 0. The Hall–Kier alpha value is -1.68. The van der Waals surface area contributed by atoms with Crippen molar-refractivity contribution in [2.24, 2.45) is 0 Å². The van der Waals surface area contributed by atoms with Crippen molar-refractivity contribution in [1.29, 1.82) is 0 Å². The SMILES string of the molecule is O=C(O)C/C=C/c1nc2ccccc2s1. The smallest absolute Gasteiger partial charge is 0.307 e. The van der Waals surface area contributed by atoms with E-state index in [-0.39, 0.29) is 6.42 Å². The first-order chi connectivity index (χ1) is 7.25. The molecule has 2 rings (SSSR count). The molecule has 0 bridgehead atoms. The summed E-state index contributed by atoms with van der Waals surface area (Å²) in [4.78, 5) is 14.6. The first-order valence-corrected chi connectivity index (χ1v) is 5.31. The van der Waals surface area contributed by atoms with Gasteiger partial charge in [-0.05, 0) is 18.2 Å². The number of nitrogens with zero attached hydrogens (tertiary/aromatic N) is 1. The third kappa shape index (κ3) is 2.41. The van der Waals surface area contributed by atoms with Gasteiger partial charge in [0, 0.05) is 0 Å². The van der Waals surface area contributed by atoms with Crippen molar-refractivity contribution in [2.45, 2.75) is 6.42 Å². The molecule has 0 spiro atoms. The molecule has 2 aromatic rings. The van der Waals surface area contributed by atoms with Crippen molar-refractivity contribution in [1.82, 2.24) is 4.98 Å². The van der Waals surface area contributed by atoms with Crippen LogP contribution in [0.1, 0.15) is 11.4 Å². The molecule has 0 saturated carbocycles. The maximum absolute atomic E-state index is 10.3. The molecule has 0 fully saturated rings. The normalized spacial score (nSPS) is 11.2. The number of fused-ring (bicyclic) bond motifs is 1. The highest BCUT2D eigenvalue weighted by Gasteiger charge is 1.99. The van der Waals surface area contributed by atoms with Gasteiger partial charge in [0.25, 0.3) is 0 Å². The number of hydrogen-bond donors (Lipinski definition) is 1. The summed E-state index contributed by atoms with van der Waals surface area (Å²) in [6, 6.07) is 7.85. The van der Waals surface area contributed by atoms with Gasteiger partial charge in [0.2, 0.25) is 0 Å². The Bertz CT molecular complexity index is 483. The molecule has 0 atom stereocenters.